The number of carbonyl (C=O) groups excluding carboxylic acids is 1. The van der Waals surface area contributed by atoms with E-state index in [1.54, 1.807) is 6.07 Å². The highest BCUT2D eigenvalue weighted by atomic mass is 79.9. The Labute approximate surface area is 148 Å². The summed E-state index contributed by atoms with van der Waals surface area (Å²) in [6.07, 6.45) is 2.64. The lowest BCUT2D eigenvalue weighted by molar-refractivity contribution is -0.142. The van der Waals surface area contributed by atoms with E-state index in [2.05, 4.69) is 26.2 Å². The Morgan fingerprint density at radius 1 is 1.21 bits per heavy atom. The van der Waals surface area contributed by atoms with Gasteiger partial charge in [-0.1, -0.05) is 22.0 Å². The first-order chi connectivity index (χ1) is 11.4. The average Bonchev–Trinajstić information content (AvgIpc) is 2.54. The number of carboxylic acids is 1. The molecule has 2 N–H and O–H groups in total. The van der Waals surface area contributed by atoms with Gasteiger partial charge in [0.05, 0.1) is 17.0 Å². The van der Waals surface area contributed by atoms with Crippen molar-refractivity contribution in [3.05, 3.63) is 40.0 Å². The molecule has 126 valence electrons. The van der Waals surface area contributed by atoms with E-state index in [0.29, 0.717) is 31.2 Å². The van der Waals surface area contributed by atoms with Crippen LogP contribution in [-0.4, -0.2) is 28.0 Å². The maximum absolute atomic E-state index is 12.7. The number of aromatic nitrogens is 1. The molecule has 1 heterocycles. The molecule has 0 saturated heterocycles. The van der Waals surface area contributed by atoms with Crippen molar-refractivity contribution in [2.45, 2.75) is 38.6 Å². The van der Waals surface area contributed by atoms with Gasteiger partial charge in [-0.15, -0.1) is 0 Å². The van der Waals surface area contributed by atoms with Crippen molar-refractivity contribution in [2.75, 3.05) is 0 Å². The van der Waals surface area contributed by atoms with Gasteiger partial charge in [0.2, 0.25) is 0 Å². The summed E-state index contributed by atoms with van der Waals surface area (Å²) in [4.78, 5) is 28.2. The summed E-state index contributed by atoms with van der Waals surface area (Å²) < 4.78 is 0.923. The number of benzene rings is 1. The molecule has 24 heavy (non-hydrogen) atoms. The largest absolute Gasteiger partial charge is 0.481 e. The summed E-state index contributed by atoms with van der Waals surface area (Å²) in [5.41, 5.74) is 2.19. The second kappa shape index (κ2) is 6.89. The van der Waals surface area contributed by atoms with Crippen molar-refractivity contribution < 1.29 is 14.7 Å². The highest BCUT2D eigenvalue weighted by molar-refractivity contribution is 9.10. The fraction of sp³-hybridized carbons (Fsp3) is 0.389. The van der Waals surface area contributed by atoms with Gasteiger partial charge in [-0.05, 0) is 50.8 Å². The van der Waals surface area contributed by atoms with E-state index in [9.17, 15) is 9.59 Å². The molecule has 6 heteroatoms. The SMILES string of the molecule is Cc1cc(C(=O)NC2CCC(C(=O)O)CC2)c2ccc(Br)cc2n1. The highest BCUT2D eigenvalue weighted by Gasteiger charge is 2.27. The minimum Gasteiger partial charge on any atom is -0.481 e. The topological polar surface area (TPSA) is 79.3 Å². The third-order valence-electron chi connectivity index (χ3n) is 4.56. The van der Waals surface area contributed by atoms with E-state index in [4.69, 9.17) is 5.11 Å². The number of aryl methyl sites for hydroxylation is 1. The second-order valence-corrected chi connectivity index (χ2v) is 7.25. The van der Waals surface area contributed by atoms with Crippen LogP contribution in [0.4, 0.5) is 0 Å². The number of fused-ring (bicyclic) bond motifs is 1. The summed E-state index contributed by atoms with van der Waals surface area (Å²) in [6.45, 7) is 1.87. The third-order valence-corrected chi connectivity index (χ3v) is 5.05. The van der Waals surface area contributed by atoms with Crippen LogP contribution in [-0.2, 0) is 4.79 Å². The molecule has 1 aliphatic carbocycles. The zero-order valence-electron chi connectivity index (χ0n) is 13.4. The fourth-order valence-electron chi connectivity index (χ4n) is 3.27. The number of carbonyl (C=O) groups is 2. The Balaban J connectivity index is 1.78. The van der Waals surface area contributed by atoms with Gasteiger partial charge < -0.3 is 10.4 Å². The van der Waals surface area contributed by atoms with Gasteiger partial charge >= 0.3 is 5.97 Å². The number of amides is 1. The maximum Gasteiger partial charge on any atom is 0.306 e. The van der Waals surface area contributed by atoms with Crippen LogP contribution in [0.1, 0.15) is 41.7 Å². The van der Waals surface area contributed by atoms with E-state index in [-0.39, 0.29) is 17.9 Å². The number of pyridine rings is 1. The van der Waals surface area contributed by atoms with Crippen LogP contribution in [0, 0.1) is 12.8 Å². The Hall–Kier alpha value is -1.95. The number of hydrogen-bond acceptors (Lipinski definition) is 3. The quantitative estimate of drug-likeness (QED) is 0.837. The van der Waals surface area contributed by atoms with Crippen LogP contribution in [0.2, 0.25) is 0 Å². The minimum absolute atomic E-state index is 0.0343. The number of aliphatic carboxylic acids is 1. The molecule has 0 atom stereocenters. The number of rotatable bonds is 3. The molecular formula is C18H19BrN2O3. The summed E-state index contributed by atoms with van der Waals surface area (Å²) in [5, 5.41) is 12.9. The molecule has 0 radical (unpaired) electrons. The molecule has 0 spiro atoms. The average molecular weight is 391 g/mol. The lowest BCUT2D eigenvalue weighted by atomic mass is 9.86. The molecule has 1 aromatic carbocycles. The van der Waals surface area contributed by atoms with Gasteiger partial charge in [-0.2, -0.15) is 0 Å². The van der Waals surface area contributed by atoms with Gasteiger partial charge in [0.15, 0.2) is 0 Å². The molecule has 1 aliphatic rings. The minimum atomic E-state index is -0.735. The molecular weight excluding hydrogens is 372 g/mol. The summed E-state index contributed by atoms with van der Waals surface area (Å²) in [7, 11) is 0. The Morgan fingerprint density at radius 3 is 2.58 bits per heavy atom. The Bertz CT molecular complexity index is 793. The number of carboxylic acid groups (broad SMARTS) is 1. The van der Waals surface area contributed by atoms with Gasteiger partial charge in [-0.25, -0.2) is 0 Å². The third kappa shape index (κ3) is 3.59. The van der Waals surface area contributed by atoms with Gasteiger partial charge in [-0.3, -0.25) is 14.6 Å². The lowest BCUT2D eigenvalue weighted by Crippen LogP contribution is -2.38. The summed E-state index contributed by atoms with van der Waals surface area (Å²) in [5.74, 6) is -1.13. The molecule has 1 saturated carbocycles. The van der Waals surface area contributed by atoms with Crippen LogP contribution in [0.3, 0.4) is 0 Å². The van der Waals surface area contributed by atoms with Crippen molar-refractivity contribution in [3.8, 4) is 0 Å². The van der Waals surface area contributed by atoms with Crippen LogP contribution < -0.4 is 5.32 Å². The van der Waals surface area contributed by atoms with Crippen LogP contribution in [0.15, 0.2) is 28.7 Å². The van der Waals surface area contributed by atoms with Crippen LogP contribution in [0.25, 0.3) is 10.9 Å². The number of nitrogens with zero attached hydrogens (tertiary/aromatic N) is 1. The standard InChI is InChI=1S/C18H19BrN2O3/c1-10-8-15(14-7-4-12(19)9-16(14)20-10)17(22)21-13-5-2-11(3-6-13)18(23)24/h4,7-9,11,13H,2-3,5-6H2,1H3,(H,21,22)(H,23,24). The molecule has 5 nitrogen and oxygen atoms in total. The normalized spacial score (nSPS) is 20.8. The molecule has 3 rings (SSSR count). The monoisotopic (exact) mass is 390 g/mol. The zero-order valence-corrected chi connectivity index (χ0v) is 15.0. The maximum atomic E-state index is 12.7. The smallest absolute Gasteiger partial charge is 0.306 e. The molecule has 1 fully saturated rings. The molecule has 0 bridgehead atoms. The predicted octanol–water partition coefficient (Wildman–Crippen LogP) is 3.68. The van der Waals surface area contributed by atoms with E-state index in [1.165, 1.54) is 0 Å². The van der Waals surface area contributed by atoms with E-state index in [1.807, 2.05) is 25.1 Å². The van der Waals surface area contributed by atoms with E-state index < -0.39 is 5.97 Å². The van der Waals surface area contributed by atoms with Crippen LogP contribution >= 0.6 is 15.9 Å². The lowest BCUT2D eigenvalue weighted by Gasteiger charge is -2.27. The molecule has 0 aliphatic heterocycles. The van der Waals surface area contributed by atoms with Gasteiger partial charge in [0.1, 0.15) is 0 Å². The van der Waals surface area contributed by atoms with Gasteiger partial charge in [0, 0.05) is 21.6 Å². The van der Waals surface area contributed by atoms with Crippen molar-refractivity contribution >= 4 is 38.7 Å². The Morgan fingerprint density at radius 2 is 1.92 bits per heavy atom. The van der Waals surface area contributed by atoms with E-state index in [0.717, 1.165) is 21.1 Å². The molecule has 1 amide bonds. The molecule has 1 aromatic heterocycles. The van der Waals surface area contributed by atoms with Crippen molar-refractivity contribution in [2.24, 2.45) is 5.92 Å². The number of halogens is 1. The molecule has 2 aromatic rings. The van der Waals surface area contributed by atoms with Crippen molar-refractivity contribution in [3.63, 3.8) is 0 Å². The van der Waals surface area contributed by atoms with E-state index >= 15 is 0 Å². The second-order valence-electron chi connectivity index (χ2n) is 6.33. The summed E-state index contributed by atoms with van der Waals surface area (Å²) in [6, 6.07) is 7.52. The van der Waals surface area contributed by atoms with Gasteiger partial charge in [0.25, 0.3) is 5.91 Å². The first kappa shape index (κ1) is 16.9. The van der Waals surface area contributed by atoms with Crippen molar-refractivity contribution in [1.29, 1.82) is 0 Å². The highest BCUT2D eigenvalue weighted by Crippen LogP contribution is 2.26. The Kier molecular flexibility index (Phi) is 4.85. The fourth-order valence-corrected chi connectivity index (χ4v) is 3.62. The predicted molar refractivity (Wildman–Crippen MR) is 95.0 cm³/mol. The molecule has 0 unspecified atom stereocenters. The van der Waals surface area contributed by atoms with Crippen LogP contribution in [0.5, 0.6) is 0 Å². The van der Waals surface area contributed by atoms with Crippen molar-refractivity contribution in [1.82, 2.24) is 10.3 Å². The number of hydrogen-bond donors (Lipinski definition) is 2. The summed E-state index contributed by atoms with van der Waals surface area (Å²) >= 11 is 3.43. The first-order valence-corrected chi connectivity index (χ1v) is 8.84. The zero-order chi connectivity index (χ0) is 17.3. The first-order valence-electron chi connectivity index (χ1n) is 8.04. The number of nitrogens with one attached hydrogen (secondary N) is 1.